The van der Waals surface area contributed by atoms with Gasteiger partial charge in [0.25, 0.3) is 0 Å². The number of aromatic nitrogens is 1. The number of rotatable bonds is 5. The van der Waals surface area contributed by atoms with Gasteiger partial charge < -0.3 is 14.9 Å². The predicted octanol–water partition coefficient (Wildman–Crippen LogP) is 1.27. The van der Waals surface area contributed by atoms with Crippen LogP contribution in [-0.4, -0.2) is 18.7 Å². The Kier molecular flexibility index (Phi) is 3.92. The van der Waals surface area contributed by atoms with Gasteiger partial charge in [-0.2, -0.15) is 0 Å². The lowest BCUT2D eigenvalue weighted by Gasteiger charge is -1.98. The SMILES string of the molecule is COCCCc1ncc(C(C)N)o1. The number of nitrogens with two attached hydrogens (primary N) is 1. The molecule has 0 aliphatic heterocycles. The molecule has 0 aromatic carbocycles. The average molecular weight is 184 g/mol. The molecule has 4 heteroatoms. The number of hydrogen-bond acceptors (Lipinski definition) is 4. The van der Waals surface area contributed by atoms with E-state index in [1.165, 1.54) is 0 Å². The summed E-state index contributed by atoms with van der Waals surface area (Å²) >= 11 is 0. The minimum Gasteiger partial charge on any atom is -0.444 e. The molecule has 2 N–H and O–H groups in total. The molecule has 0 saturated carbocycles. The van der Waals surface area contributed by atoms with E-state index in [0.717, 1.165) is 31.1 Å². The molecule has 74 valence electrons. The molecule has 1 unspecified atom stereocenters. The molecule has 1 rings (SSSR count). The molecule has 0 amide bonds. The van der Waals surface area contributed by atoms with Gasteiger partial charge in [-0.3, -0.25) is 0 Å². The Morgan fingerprint density at radius 1 is 1.69 bits per heavy atom. The standard InChI is InChI=1S/C9H16N2O2/c1-7(10)8-6-11-9(13-8)4-3-5-12-2/h6-7H,3-5,10H2,1-2H3. The molecule has 1 aromatic heterocycles. The molecule has 0 aliphatic rings. The van der Waals surface area contributed by atoms with Gasteiger partial charge in [-0.1, -0.05) is 0 Å². The lowest BCUT2D eigenvalue weighted by Crippen LogP contribution is -2.02. The van der Waals surface area contributed by atoms with Crippen LogP contribution in [0.15, 0.2) is 10.6 Å². The summed E-state index contributed by atoms with van der Waals surface area (Å²) < 4.78 is 10.3. The molecule has 0 bridgehead atoms. The lowest BCUT2D eigenvalue weighted by molar-refractivity contribution is 0.192. The van der Waals surface area contributed by atoms with Gasteiger partial charge in [0.05, 0.1) is 12.2 Å². The summed E-state index contributed by atoms with van der Waals surface area (Å²) in [5.74, 6) is 1.48. The molecule has 0 spiro atoms. The zero-order chi connectivity index (χ0) is 9.68. The van der Waals surface area contributed by atoms with Gasteiger partial charge in [-0.15, -0.1) is 0 Å². The van der Waals surface area contributed by atoms with E-state index in [4.69, 9.17) is 14.9 Å². The van der Waals surface area contributed by atoms with Crippen LogP contribution in [0.2, 0.25) is 0 Å². The molecule has 4 nitrogen and oxygen atoms in total. The van der Waals surface area contributed by atoms with Crippen LogP contribution in [0.3, 0.4) is 0 Å². The molecular weight excluding hydrogens is 168 g/mol. The Morgan fingerprint density at radius 3 is 3.00 bits per heavy atom. The maximum Gasteiger partial charge on any atom is 0.194 e. The van der Waals surface area contributed by atoms with Gasteiger partial charge in [0.15, 0.2) is 5.89 Å². The van der Waals surface area contributed by atoms with Crippen molar-refractivity contribution >= 4 is 0 Å². The third-order valence-electron chi connectivity index (χ3n) is 1.76. The topological polar surface area (TPSA) is 61.3 Å². The van der Waals surface area contributed by atoms with Crippen LogP contribution in [0.5, 0.6) is 0 Å². The third-order valence-corrected chi connectivity index (χ3v) is 1.76. The smallest absolute Gasteiger partial charge is 0.194 e. The van der Waals surface area contributed by atoms with Gasteiger partial charge in [0.2, 0.25) is 0 Å². The number of methoxy groups -OCH3 is 1. The lowest BCUT2D eigenvalue weighted by atomic mass is 10.3. The highest BCUT2D eigenvalue weighted by atomic mass is 16.5. The van der Waals surface area contributed by atoms with Crippen LogP contribution >= 0.6 is 0 Å². The molecule has 0 saturated heterocycles. The van der Waals surface area contributed by atoms with Crippen molar-refractivity contribution in [1.29, 1.82) is 0 Å². The number of oxazole rings is 1. The summed E-state index contributed by atoms with van der Waals surface area (Å²) in [5.41, 5.74) is 5.62. The fourth-order valence-electron chi connectivity index (χ4n) is 1.02. The fraction of sp³-hybridized carbons (Fsp3) is 0.667. The van der Waals surface area contributed by atoms with Gasteiger partial charge in [0.1, 0.15) is 5.76 Å². The summed E-state index contributed by atoms with van der Waals surface area (Å²) in [6.45, 7) is 2.61. The minimum absolute atomic E-state index is 0.0799. The van der Waals surface area contributed by atoms with E-state index in [9.17, 15) is 0 Å². The van der Waals surface area contributed by atoms with E-state index in [1.807, 2.05) is 6.92 Å². The Morgan fingerprint density at radius 2 is 2.46 bits per heavy atom. The van der Waals surface area contributed by atoms with Gasteiger partial charge in [-0.25, -0.2) is 4.98 Å². The van der Waals surface area contributed by atoms with E-state index in [0.29, 0.717) is 0 Å². The number of ether oxygens (including phenoxy) is 1. The monoisotopic (exact) mass is 184 g/mol. The second kappa shape index (κ2) is 4.99. The average Bonchev–Trinajstić information content (AvgIpc) is 2.53. The summed E-state index contributed by atoms with van der Waals surface area (Å²) in [7, 11) is 1.68. The zero-order valence-corrected chi connectivity index (χ0v) is 8.12. The molecule has 0 aliphatic carbocycles. The maximum atomic E-state index is 5.62. The summed E-state index contributed by atoms with van der Waals surface area (Å²) in [5, 5.41) is 0. The van der Waals surface area contributed by atoms with Crippen LogP contribution in [0.25, 0.3) is 0 Å². The third kappa shape index (κ3) is 3.16. The number of aryl methyl sites for hydroxylation is 1. The van der Waals surface area contributed by atoms with Crippen LogP contribution in [0.4, 0.5) is 0 Å². The summed E-state index contributed by atoms with van der Waals surface area (Å²) in [6, 6.07) is -0.0799. The molecule has 0 fully saturated rings. The Hall–Kier alpha value is -0.870. The van der Waals surface area contributed by atoms with E-state index < -0.39 is 0 Å². The van der Waals surface area contributed by atoms with Crippen molar-refractivity contribution in [3.05, 3.63) is 17.8 Å². The molecule has 1 heterocycles. The normalized spacial score (nSPS) is 13.2. The van der Waals surface area contributed by atoms with Crippen LogP contribution in [-0.2, 0) is 11.2 Å². The van der Waals surface area contributed by atoms with Crippen molar-refractivity contribution < 1.29 is 9.15 Å². The molecule has 1 atom stereocenters. The highest BCUT2D eigenvalue weighted by Crippen LogP contribution is 2.11. The number of hydrogen-bond donors (Lipinski definition) is 1. The predicted molar refractivity (Wildman–Crippen MR) is 49.3 cm³/mol. The Balaban J connectivity index is 2.40. The molecule has 1 aromatic rings. The first-order chi connectivity index (χ1) is 6.24. The fourth-order valence-corrected chi connectivity index (χ4v) is 1.02. The molecule has 13 heavy (non-hydrogen) atoms. The molecular formula is C9H16N2O2. The Labute approximate surface area is 78.1 Å². The van der Waals surface area contributed by atoms with E-state index in [1.54, 1.807) is 13.3 Å². The van der Waals surface area contributed by atoms with Crippen LogP contribution in [0, 0.1) is 0 Å². The van der Waals surface area contributed by atoms with Gasteiger partial charge in [0, 0.05) is 20.1 Å². The van der Waals surface area contributed by atoms with Crippen molar-refractivity contribution in [2.75, 3.05) is 13.7 Å². The summed E-state index contributed by atoms with van der Waals surface area (Å²) in [4.78, 5) is 4.11. The van der Waals surface area contributed by atoms with Crippen LogP contribution < -0.4 is 5.73 Å². The first-order valence-electron chi connectivity index (χ1n) is 4.43. The summed E-state index contributed by atoms with van der Waals surface area (Å²) in [6.07, 6.45) is 3.42. The highest BCUT2D eigenvalue weighted by Gasteiger charge is 2.06. The van der Waals surface area contributed by atoms with E-state index >= 15 is 0 Å². The minimum atomic E-state index is -0.0799. The second-order valence-electron chi connectivity index (χ2n) is 3.04. The van der Waals surface area contributed by atoms with Crippen LogP contribution in [0.1, 0.15) is 31.0 Å². The first-order valence-corrected chi connectivity index (χ1v) is 4.43. The first kappa shape index (κ1) is 10.2. The maximum absolute atomic E-state index is 5.62. The van der Waals surface area contributed by atoms with E-state index in [-0.39, 0.29) is 6.04 Å². The van der Waals surface area contributed by atoms with Gasteiger partial charge >= 0.3 is 0 Å². The highest BCUT2D eigenvalue weighted by molar-refractivity contribution is 4.98. The van der Waals surface area contributed by atoms with Crippen molar-refractivity contribution in [3.8, 4) is 0 Å². The van der Waals surface area contributed by atoms with Crippen molar-refractivity contribution in [2.24, 2.45) is 5.73 Å². The van der Waals surface area contributed by atoms with Crippen molar-refractivity contribution in [3.63, 3.8) is 0 Å². The number of nitrogens with zero attached hydrogens (tertiary/aromatic N) is 1. The largest absolute Gasteiger partial charge is 0.444 e. The molecule has 0 radical (unpaired) electrons. The quantitative estimate of drug-likeness (QED) is 0.700. The zero-order valence-electron chi connectivity index (χ0n) is 8.12. The second-order valence-corrected chi connectivity index (χ2v) is 3.04. The Bertz CT molecular complexity index is 246. The van der Waals surface area contributed by atoms with Gasteiger partial charge in [-0.05, 0) is 13.3 Å². The van der Waals surface area contributed by atoms with Crippen molar-refractivity contribution in [2.45, 2.75) is 25.8 Å². The van der Waals surface area contributed by atoms with E-state index in [2.05, 4.69) is 4.98 Å². The van der Waals surface area contributed by atoms with Crippen molar-refractivity contribution in [1.82, 2.24) is 4.98 Å².